The third-order valence-corrected chi connectivity index (χ3v) is 2.16. The molecule has 0 spiro atoms. The van der Waals surface area contributed by atoms with Crippen molar-refractivity contribution >= 4 is 0 Å². The molecule has 0 fully saturated rings. The van der Waals surface area contributed by atoms with E-state index in [-0.39, 0.29) is 11.8 Å². The number of phenols is 1. The van der Waals surface area contributed by atoms with E-state index in [1.807, 2.05) is 13.0 Å². The topological polar surface area (TPSA) is 70.0 Å². The van der Waals surface area contributed by atoms with Gasteiger partial charge in [0.25, 0.3) is 0 Å². The fourth-order valence-electron chi connectivity index (χ4n) is 1.39. The Bertz CT molecular complexity index is 355. The van der Waals surface area contributed by atoms with Crippen LogP contribution in [0.4, 0.5) is 0 Å². The standard InChI is InChI=1S/C11H14N2O/c1-2-3-10(13)9-5-4-8(7-12)6-11(9)14/h4-6,10,14H,2-3,13H2,1H3/t10-/m1/s1. The molecular weight excluding hydrogens is 176 g/mol. The Kier molecular flexibility index (Phi) is 3.49. The largest absolute Gasteiger partial charge is 0.508 e. The molecule has 0 amide bonds. The Morgan fingerprint density at radius 2 is 2.29 bits per heavy atom. The lowest BCUT2D eigenvalue weighted by atomic mass is 10.0. The van der Waals surface area contributed by atoms with Crippen LogP contribution in [0.1, 0.15) is 36.9 Å². The molecule has 74 valence electrons. The van der Waals surface area contributed by atoms with Gasteiger partial charge in [0.1, 0.15) is 5.75 Å². The van der Waals surface area contributed by atoms with Crippen LogP contribution in [0.2, 0.25) is 0 Å². The average molecular weight is 190 g/mol. The summed E-state index contributed by atoms with van der Waals surface area (Å²) in [6, 6.07) is 6.66. The van der Waals surface area contributed by atoms with Crippen molar-refractivity contribution in [3.8, 4) is 11.8 Å². The number of benzene rings is 1. The molecule has 0 unspecified atom stereocenters. The summed E-state index contributed by atoms with van der Waals surface area (Å²) >= 11 is 0. The Morgan fingerprint density at radius 1 is 1.57 bits per heavy atom. The van der Waals surface area contributed by atoms with E-state index >= 15 is 0 Å². The maximum absolute atomic E-state index is 9.59. The molecule has 1 atom stereocenters. The first-order valence-corrected chi connectivity index (χ1v) is 4.67. The highest BCUT2D eigenvalue weighted by atomic mass is 16.3. The molecule has 0 saturated carbocycles. The van der Waals surface area contributed by atoms with Crippen LogP contribution in [-0.4, -0.2) is 5.11 Å². The van der Waals surface area contributed by atoms with E-state index < -0.39 is 0 Å². The number of hydrogen-bond acceptors (Lipinski definition) is 3. The van der Waals surface area contributed by atoms with Gasteiger partial charge in [0.05, 0.1) is 11.6 Å². The van der Waals surface area contributed by atoms with Crippen LogP contribution in [0.3, 0.4) is 0 Å². The molecule has 0 aliphatic rings. The Balaban J connectivity index is 2.95. The van der Waals surface area contributed by atoms with Gasteiger partial charge in [0.2, 0.25) is 0 Å². The van der Waals surface area contributed by atoms with E-state index in [1.165, 1.54) is 6.07 Å². The van der Waals surface area contributed by atoms with Crippen LogP contribution in [0, 0.1) is 11.3 Å². The number of nitrogens with two attached hydrogens (primary N) is 1. The van der Waals surface area contributed by atoms with Crippen molar-refractivity contribution < 1.29 is 5.11 Å². The van der Waals surface area contributed by atoms with Gasteiger partial charge >= 0.3 is 0 Å². The lowest BCUT2D eigenvalue weighted by molar-refractivity contribution is 0.458. The lowest BCUT2D eigenvalue weighted by Crippen LogP contribution is -2.09. The molecule has 1 aromatic carbocycles. The van der Waals surface area contributed by atoms with Gasteiger partial charge in [-0.1, -0.05) is 19.4 Å². The van der Waals surface area contributed by atoms with Crippen molar-refractivity contribution in [3.05, 3.63) is 29.3 Å². The molecule has 0 aliphatic carbocycles. The van der Waals surface area contributed by atoms with Crippen LogP contribution in [0.25, 0.3) is 0 Å². The summed E-state index contributed by atoms with van der Waals surface area (Å²) in [7, 11) is 0. The molecule has 0 heterocycles. The van der Waals surface area contributed by atoms with Crippen molar-refractivity contribution in [1.29, 1.82) is 5.26 Å². The first-order chi connectivity index (χ1) is 6.69. The molecule has 3 heteroatoms. The quantitative estimate of drug-likeness (QED) is 0.766. The number of nitrogens with zero attached hydrogens (tertiary/aromatic N) is 1. The van der Waals surface area contributed by atoms with Gasteiger partial charge in [-0.3, -0.25) is 0 Å². The monoisotopic (exact) mass is 190 g/mol. The Hall–Kier alpha value is -1.53. The van der Waals surface area contributed by atoms with Crippen LogP contribution in [0.5, 0.6) is 5.75 Å². The van der Waals surface area contributed by atoms with Crippen molar-refractivity contribution in [2.45, 2.75) is 25.8 Å². The van der Waals surface area contributed by atoms with Gasteiger partial charge < -0.3 is 10.8 Å². The minimum absolute atomic E-state index is 0.116. The molecule has 14 heavy (non-hydrogen) atoms. The molecular formula is C11H14N2O. The van der Waals surface area contributed by atoms with E-state index in [0.717, 1.165) is 12.8 Å². The molecule has 0 aromatic heterocycles. The SMILES string of the molecule is CCC[C@@H](N)c1ccc(C#N)cc1O. The maximum atomic E-state index is 9.59. The van der Waals surface area contributed by atoms with Crippen molar-refractivity contribution in [3.63, 3.8) is 0 Å². The second-order valence-electron chi connectivity index (χ2n) is 3.28. The van der Waals surface area contributed by atoms with Gasteiger partial charge in [-0.05, 0) is 18.6 Å². The molecule has 0 bridgehead atoms. The molecule has 3 N–H and O–H groups in total. The maximum Gasteiger partial charge on any atom is 0.121 e. The summed E-state index contributed by atoms with van der Waals surface area (Å²) in [5.41, 5.74) is 7.02. The number of phenolic OH excluding ortho intramolecular Hbond substituents is 1. The van der Waals surface area contributed by atoms with Gasteiger partial charge in [-0.15, -0.1) is 0 Å². The molecule has 0 radical (unpaired) electrons. The fourth-order valence-corrected chi connectivity index (χ4v) is 1.39. The summed E-state index contributed by atoms with van der Waals surface area (Å²) in [4.78, 5) is 0. The molecule has 1 aromatic rings. The highest BCUT2D eigenvalue weighted by Crippen LogP contribution is 2.26. The molecule has 1 rings (SSSR count). The zero-order chi connectivity index (χ0) is 10.6. The average Bonchev–Trinajstić information content (AvgIpc) is 2.17. The molecule has 0 saturated heterocycles. The number of rotatable bonds is 3. The van der Waals surface area contributed by atoms with Crippen LogP contribution in [-0.2, 0) is 0 Å². The smallest absolute Gasteiger partial charge is 0.121 e. The zero-order valence-corrected chi connectivity index (χ0v) is 8.20. The van der Waals surface area contributed by atoms with E-state index in [1.54, 1.807) is 12.1 Å². The van der Waals surface area contributed by atoms with Gasteiger partial charge in [-0.2, -0.15) is 5.26 Å². The summed E-state index contributed by atoms with van der Waals surface area (Å²) in [5, 5.41) is 18.2. The summed E-state index contributed by atoms with van der Waals surface area (Å²) < 4.78 is 0. The Morgan fingerprint density at radius 3 is 2.79 bits per heavy atom. The highest BCUT2D eigenvalue weighted by molar-refractivity contribution is 5.42. The lowest BCUT2D eigenvalue weighted by Gasteiger charge is -2.12. The third kappa shape index (κ3) is 2.24. The third-order valence-electron chi connectivity index (χ3n) is 2.16. The van der Waals surface area contributed by atoms with Crippen molar-refractivity contribution in [2.75, 3.05) is 0 Å². The highest BCUT2D eigenvalue weighted by Gasteiger charge is 2.09. The zero-order valence-electron chi connectivity index (χ0n) is 8.20. The summed E-state index contributed by atoms with van der Waals surface area (Å²) in [5.74, 6) is 0.116. The number of hydrogen-bond donors (Lipinski definition) is 2. The second-order valence-corrected chi connectivity index (χ2v) is 3.28. The minimum Gasteiger partial charge on any atom is -0.508 e. The second kappa shape index (κ2) is 4.64. The van der Waals surface area contributed by atoms with Crippen LogP contribution < -0.4 is 5.73 Å². The van der Waals surface area contributed by atoms with Gasteiger partial charge in [0, 0.05) is 11.6 Å². The van der Waals surface area contributed by atoms with E-state index in [2.05, 4.69) is 0 Å². The number of aromatic hydroxyl groups is 1. The first-order valence-electron chi connectivity index (χ1n) is 4.67. The number of nitriles is 1. The predicted molar refractivity (Wildman–Crippen MR) is 54.7 cm³/mol. The van der Waals surface area contributed by atoms with Crippen LogP contribution >= 0.6 is 0 Å². The predicted octanol–water partition coefficient (Wildman–Crippen LogP) is 2.06. The van der Waals surface area contributed by atoms with Crippen molar-refractivity contribution in [2.24, 2.45) is 5.73 Å². The van der Waals surface area contributed by atoms with E-state index in [9.17, 15) is 5.11 Å². The first kappa shape index (κ1) is 10.6. The molecule has 0 aliphatic heterocycles. The minimum atomic E-state index is -0.146. The van der Waals surface area contributed by atoms with E-state index in [4.69, 9.17) is 11.0 Å². The summed E-state index contributed by atoms with van der Waals surface area (Å²) in [6.07, 6.45) is 1.81. The van der Waals surface area contributed by atoms with Gasteiger partial charge in [0.15, 0.2) is 0 Å². The Labute approximate surface area is 83.8 Å². The molecule has 3 nitrogen and oxygen atoms in total. The van der Waals surface area contributed by atoms with Crippen LogP contribution in [0.15, 0.2) is 18.2 Å². The fraction of sp³-hybridized carbons (Fsp3) is 0.364. The summed E-state index contributed by atoms with van der Waals surface area (Å²) in [6.45, 7) is 2.04. The van der Waals surface area contributed by atoms with Gasteiger partial charge in [-0.25, -0.2) is 0 Å². The van der Waals surface area contributed by atoms with Crippen molar-refractivity contribution in [1.82, 2.24) is 0 Å². The van der Waals surface area contributed by atoms with E-state index in [0.29, 0.717) is 11.1 Å². The normalized spacial score (nSPS) is 12.1.